The summed E-state index contributed by atoms with van der Waals surface area (Å²) < 4.78 is 0.755. The molecule has 1 aromatic heterocycles. The third-order valence-corrected chi connectivity index (χ3v) is 5.00. The normalized spacial score (nSPS) is 21.9. The van der Waals surface area contributed by atoms with Gasteiger partial charge in [-0.2, -0.15) is 0 Å². The lowest BCUT2D eigenvalue weighted by Gasteiger charge is -2.29. The van der Waals surface area contributed by atoms with Crippen LogP contribution < -0.4 is 15.9 Å². The fourth-order valence-electron chi connectivity index (χ4n) is 3.07. The van der Waals surface area contributed by atoms with Gasteiger partial charge in [0.05, 0.1) is 29.3 Å². The van der Waals surface area contributed by atoms with Crippen LogP contribution in [0, 0.1) is 0 Å². The highest BCUT2D eigenvalue weighted by Crippen LogP contribution is 2.26. The van der Waals surface area contributed by atoms with Gasteiger partial charge in [-0.1, -0.05) is 0 Å². The molecular weight excluding hydrogens is 348 g/mol. The largest absolute Gasteiger partial charge is 0.325 e. The van der Waals surface area contributed by atoms with Crippen LogP contribution in [0.5, 0.6) is 0 Å². The predicted molar refractivity (Wildman–Crippen MR) is 89.3 cm³/mol. The maximum atomic E-state index is 12.3. The number of likely N-dealkylation sites (tertiary alicyclic amines) is 1. The van der Waals surface area contributed by atoms with Crippen LogP contribution in [0.3, 0.4) is 0 Å². The van der Waals surface area contributed by atoms with Crippen molar-refractivity contribution < 1.29 is 9.69 Å². The van der Waals surface area contributed by atoms with Crippen molar-refractivity contribution in [3.05, 3.63) is 27.1 Å². The van der Waals surface area contributed by atoms with Crippen molar-refractivity contribution >= 4 is 38.6 Å². The van der Waals surface area contributed by atoms with E-state index in [0.717, 1.165) is 11.0 Å². The lowest BCUT2D eigenvalue weighted by molar-refractivity contribution is -0.920. The minimum Gasteiger partial charge on any atom is -0.325 e. The van der Waals surface area contributed by atoms with E-state index in [1.54, 1.807) is 12.1 Å². The lowest BCUT2D eigenvalue weighted by atomic mass is 10.0. The number of amides is 1. The molecule has 0 spiro atoms. The third-order valence-electron chi connectivity index (χ3n) is 4.35. The van der Waals surface area contributed by atoms with E-state index in [-0.39, 0.29) is 11.6 Å². The Morgan fingerprint density at radius 3 is 2.82 bits per heavy atom. The maximum Gasteiger partial charge on any atom is 0.323 e. The van der Waals surface area contributed by atoms with Crippen LogP contribution >= 0.6 is 15.9 Å². The van der Waals surface area contributed by atoms with Gasteiger partial charge in [-0.3, -0.25) is 4.79 Å². The standard InChI is InChI=1S/C15H19BrN4O2/c1-9-4-2-3-5-20(9)8-14(21)17-11-7-13-12(6-10(11)16)18-15(22)19-13/h6-7,9H,2-5,8H2,1H3,(H,17,21)(H2,18,19,22)/p+1/t9-/m0/s1. The van der Waals surface area contributed by atoms with Crippen molar-refractivity contribution in [2.45, 2.75) is 32.2 Å². The van der Waals surface area contributed by atoms with Crippen LogP contribution in [0.1, 0.15) is 26.2 Å². The first kappa shape index (κ1) is 15.3. The molecule has 1 saturated heterocycles. The highest BCUT2D eigenvalue weighted by molar-refractivity contribution is 9.10. The molecule has 0 bridgehead atoms. The fraction of sp³-hybridized carbons (Fsp3) is 0.467. The number of rotatable bonds is 3. The second kappa shape index (κ2) is 6.26. The number of anilines is 1. The number of hydrogen-bond donors (Lipinski definition) is 4. The molecule has 22 heavy (non-hydrogen) atoms. The van der Waals surface area contributed by atoms with Crippen molar-refractivity contribution in [2.24, 2.45) is 0 Å². The zero-order valence-electron chi connectivity index (χ0n) is 12.5. The van der Waals surface area contributed by atoms with Gasteiger partial charge in [-0.05, 0) is 54.2 Å². The van der Waals surface area contributed by atoms with E-state index < -0.39 is 0 Å². The summed E-state index contributed by atoms with van der Waals surface area (Å²) in [4.78, 5) is 30.3. The number of nitrogens with one attached hydrogen (secondary N) is 4. The van der Waals surface area contributed by atoms with Crippen molar-refractivity contribution in [3.63, 3.8) is 0 Å². The van der Waals surface area contributed by atoms with Gasteiger partial charge in [0.2, 0.25) is 0 Å². The van der Waals surface area contributed by atoms with Gasteiger partial charge >= 0.3 is 5.69 Å². The van der Waals surface area contributed by atoms with Crippen LogP contribution in [0.25, 0.3) is 11.0 Å². The molecule has 1 aliphatic rings. The molecule has 3 rings (SSSR count). The summed E-state index contributed by atoms with van der Waals surface area (Å²) in [5.41, 5.74) is 1.82. The Morgan fingerprint density at radius 2 is 2.09 bits per heavy atom. The average molecular weight is 368 g/mol. The summed E-state index contributed by atoms with van der Waals surface area (Å²) in [5, 5.41) is 2.94. The predicted octanol–water partition coefficient (Wildman–Crippen LogP) is 1.01. The molecule has 1 amide bonds. The number of carbonyl (C=O) groups is 1. The first-order valence-electron chi connectivity index (χ1n) is 7.59. The molecule has 6 nitrogen and oxygen atoms in total. The highest BCUT2D eigenvalue weighted by atomic mass is 79.9. The topological polar surface area (TPSA) is 82.2 Å². The summed E-state index contributed by atoms with van der Waals surface area (Å²) >= 11 is 3.43. The zero-order chi connectivity index (χ0) is 15.7. The lowest BCUT2D eigenvalue weighted by Crippen LogP contribution is -3.17. The Bertz CT molecular complexity index is 752. The van der Waals surface area contributed by atoms with Crippen molar-refractivity contribution in [2.75, 3.05) is 18.4 Å². The van der Waals surface area contributed by atoms with E-state index in [1.807, 2.05) is 0 Å². The summed E-state index contributed by atoms with van der Waals surface area (Å²) in [6.45, 7) is 3.74. The monoisotopic (exact) mass is 367 g/mol. The number of aromatic nitrogens is 2. The minimum absolute atomic E-state index is 0.00156. The molecule has 0 radical (unpaired) electrons. The van der Waals surface area contributed by atoms with E-state index >= 15 is 0 Å². The van der Waals surface area contributed by atoms with Crippen LogP contribution in [0.15, 0.2) is 21.4 Å². The van der Waals surface area contributed by atoms with Crippen LogP contribution in [0.4, 0.5) is 5.69 Å². The molecule has 2 atom stereocenters. The number of carbonyl (C=O) groups excluding carboxylic acids is 1. The first-order valence-corrected chi connectivity index (χ1v) is 8.38. The summed E-state index contributed by atoms with van der Waals surface area (Å²) in [7, 11) is 0. The summed E-state index contributed by atoms with van der Waals surface area (Å²) in [6, 6.07) is 4.09. The minimum atomic E-state index is -0.253. The molecule has 0 saturated carbocycles. The zero-order valence-corrected chi connectivity index (χ0v) is 14.0. The molecule has 0 aliphatic carbocycles. The van der Waals surface area contributed by atoms with Crippen LogP contribution in [-0.2, 0) is 4.79 Å². The Labute approximate surface area is 136 Å². The first-order chi connectivity index (χ1) is 10.5. The Balaban J connectivity index is 1.73. The maximum absolute atomic E-state index is 12.3. The smallest absolute Gasteiger partial charge is 0.323 e. The molecule has 1 aromatic carbocycles. The van der Waals surface area contributed by atoms with Crippen molar-refractivity contribution in [1.82, 2.24) is 9.97 Å². The van der Waals surface area contributed by atoms with Crippen LogP contribution in [-0.4, -0.2) is 35.0 Å². The highest BCUT2D eigenvalue weighted by Gasteiger charge is 2.24. The van der Waals surface area contributed by atoms with Gasteiger partial charge in [-0.25, -0.2) is 4.79 Å². The second-order valence-electron chi connectivity index (χ2n) is 5.99. The van der Waals surface area contributed by atoms with Crippen molar-refractivity contribution in [3.8, 4) is 0 Å². The Morgan fingerprint density at radius 1 is 1.36 bits per heavy atom. The summed E-state index contributed by atoms with van der Waals surface area (Å²) in [5.74, 6) is 0.00156. The van der Waals surface area contributed by atoms with Crippen LogP contribution in [0.2, 0.25) is 0 Å². The molecule has 2 aromatic rings. The van der Waals surface area contributed by atoms with E-state index in [2.05, 4.69) is 38.1 Å². The number of quaternary nitrogens is 1. The Kier molecular flexibility index (Phi) is 4.35. The molecule has 2 heterocycles. The number of hydrogen-bond acceptors (Lipinski definition) is 2. The van der Waals surface area contributed by atoms with Gasteiger partial charge in [0.1, 0.15) is 0 Å². The molecule has 118 valence electrons. The van der Waals surface area contributed by atoms with E-state index in [0.29, 0.717) is 29.3 Å². The molecule has 7 heteroatoms. The van der Waals surface area contributed by atoms with Gasteiger partial charge in [-0.15, -0.1) is 0 Å². The number of imidazole rings is 1. The van der Waals surface area contributed by atoms with Crippen molar-refractivity contribution in [1.29, 1.82) is 0 Å². The Hall–Kier alpha value is -1.60. The molecular formula is C15H20BrN4O2+. The average Bonchev–Trinajstić information content (AvgIpc) is 2.81. The van der Waals surface area contributed by atoms with Gasteiger partial charge in [0, 0.05) is 4.47 Å². The van der Waals surface area contributed by atoms with E-state index in [4.69, 9.17) is 0 Å². The number of piperidine rings is 1. The number of aromatic amines is 2. The van der Waals surface area contributed by atoms with Gasteiger partial charge < -0.3 is 20.2 Å². The number of fused-ring (bicyclic) bond motifs is 1. The fourth-order valence-corrected chi connectivity index (χ4v) is 3.51. The van der Waals surface area contributed by atoms with Gasteiger partial charge in [0.15, 0.2) is 6.54 Å². The molecule has 1 unspecified atom stereocenters. The molecule has 4 N–H and O–H groups in total. The quantitative estimate of drug-likeness (QED) is 0.652. The number of halogens is 1. The number of benzene rings is 1. The third kappa shape index (κ3) is 3.25. The summed E-state index contributed by atoms with van der Waals surface area (Å²) in [6.07, 6.45) is 3.63. The SMILES string of the molecule is C[C@H]1CCCC[NH+]1CC(=O)Nc1cc2[nH]c(=O)[nH]c2cc1Br. The van der Waals surface area contributed by atoms with Gasteiger partial charge in [0.25, 0.3) is 5.91 Å². The molecule has 1 aliphatic heterocycles. The second-order valence-corrected chi connectivity index (χ2v) is 6.84. The van der Waals surface area contributed by atoms with E-state index in [9.17, 15) is 9.59 Å². The van der Waals surface area contributed by atoms with E-state index in [1.165, 1.54) is 24.2 Å². The molecule has 1 fully saturated rings. The number of H-pyrrole nitrogens is 2.